The van der Waals surface area contributed by atoms with Gasteiger partial charge in [-0.3, -0.25) is 0 Å². The van der Waals surface area contributed by atoms with E-state index >= 15 is 0 Å². The summed E-state index contributed by atoms with van der Waals surface area (Å²) in [6.45, 7) is 3.81. The van der Waals surface area contributed by atoms with E-state index in [4.69, 9.17) is 10.2 Å². The van der Waals surface area contributed by atoms with Gasteiger partial charge in [0.05, 0.1) is 5.52 Å². The van der Waals surface area contributed by atoms with Crippen molar-refractivity contribution < 1.29 is 9.90 Å². The zero-order valence-electron chi connectivity index (χ0n) is 13.1. The van der Waals surface area contributed by atoms with Crippen LogP contribution < -0.4 is 0 Å². The van der Waals surface area contributed by atoms with Crippen LogP contribution in [0, 0.1) is 0 Å². The zero-order chi connectivity index (χ0) is 17.4. The summed E-state index contributed by atoms with van der Waals surface area (Å²) in [5.41, 5.74) is 3.67. The molecule has 1 N–H and O–H groups in total. The number of rotatable bonds is 4. The Hall–Kier alpha value is -3.25. The second kappa shape index (κ2) is 5.99. The normalized spacial score (nSPS) is 10.9. The van der Waals surface area contributed by atoms with Gasteiger partial charge in [-0.05, 0) is 17.7 Å². The molecule has 0 aliphatic rings. The Morgan fingerprint density at radius 1 is 1.20 bits per heavy atom. The van der Waals surface area contributed by atoms with E-state index in [1.54, 1.807) is 10.8 Å². The van der Waals surface area contributed by atoms with Crippen LogP contribution in [0.1, 0.15) is 16.1 Å². The molecule has 0 fully saturated rings. The van der Waals surface area contributed by atoms with Crippen molar-refractivity contribution in [3.05, 3.63) is 71.7 Å². The summed E-state index contributed by atoms with van der Waals surface area (Å²) in [7, 11) is 0. The fourth-order valence-corrected chi connectivity index (χ4v) is 3.43. The third-order valence-electron chi connectivity index (χ3n) is 3.88. The lowest BCUT2D eigenvalue weighted by Gasteiger charge is -1.99. The van der Waals surface area contributed by atoms with E-state index in [0.717, 1.165) is 27.7 Å². The number of aromatic carboxylic acids is 1. The summed E-state index contributed by atoms with van der Waals surface area (Å²) in [4.78, 5) is 15.3. The molecule has 0 aliphatic heterocycles. The topological polar surface area (TPSA) is 68.0 Å². The lowest BCUT2D eigenvalue weighted by molar-refractivity contribution is 0.0691. The average Bonchev–Trinajstić information content (AvgIpc) is 3.26. The predicted octanol–water partition coefficient (Wildman–Crippen LogP) is 4.49. The molecule has 0 saturated carbocycles. The van der Waals surface area contributed by atoms with E-state index in [-0.39, 0.29) is 5.69 Å². The monoisotopic (exact) mass is 347 g/mol. The van der Waals surface area contributed by atoms with Crippen LogP contribution in [0.25, 0.3) is 33.4 Å². The maximum atomic E-state index is 11.1. The molecule has 4 rings (SSSR count). The highest BCUT2D eigenvalue weighted by atomic mass is 32.1. The van der Waals surface area contributed by atoms with Crippen LogP contribution in [0.3, 0.4) is 0 Å². The van der Waals surface area contributed by atoms with Gasteiger partial charge in [-0.1, -0.05) is 49.1 Å². The molecule has 2 aromatic carbocycles. The van der Waals surface area contributed by atoms with E-state index in [9.17, 15) is 4.79 Å². The Balaban J connectivity index is 1.99. The largest absolute Gasteiger partial charge is 0.476 e. The van der Waals surface area contributed by atoms with Crippen LogP contribution in [0.15, 0.2) is 60.5 Å². The van der Waals surface area contributed by atoms with E-state index < -0.39 is 5.97 Å². The van der Waals surface area contributed by atoms with Gasteiger partial charge in [0.25, 0.3) is 0 Å². The van der Waals surface area contributed by atoms with E-state index in [0.29, 0.717) is 5.13 Å². The lowest BCUT2D eigenvalue weighted by atomic mass is 10.1. The fraction of sp³-hybridized carbons (Fsp3) is 0. The SMILES string of the molecule is C=Cc1ccc2c(-c3ccccc3)nn(-c3nc(C(=O)O)cs3)c2c1. The number of hydrogen-bond acceptors (Lipinski definition) is 4. The maximum Gasteiger partial charge on any atom is 0.355 e. The zero-order valence-corrected chi connectivity index (χ0v) is 13.9. The fourth-order valence-electron chi connectivity index (χ4n) is 2.67. The molecule has 0 amide bonds. The van der Waals surface area contributed by atoms with Crippen LogP contribution in [-0.2, 0) is 0 Å². The number of carboxylic acids is 1. The molecule has 4 aromatic rings. The van der Waals surface area contributed by atoms with Crippen molar-refractivity contribution in [3.63, 3.8) is 0 Å². The van der Waals surface area contributed by atoms with Crippen molar-refractivity contribution in [2.24, 2.45) is 0 Å². The summed E-state index contributed by atoms with van der Waals surface area (Å²) in [5.74, 6) is -1.05. The Kier molecular flexibility index (Phi) is 3.66. The molecule has 0 radical (unpaired) electrons. The van der Waals surface area contributed by atoms with Gasteiger partial charge >= 0.3 is 5.97 Å². The molecule has 0 unspecified atom stereocenters. The third-order valence-corrected chi connectivity index (χ3v) is 4.70. The van der Waals surface area contributed by atoms with Crippen LogP contribution in [-0.4, -0.2) is 25.8 Å². The number of benzene rings is 2. The Morgan fingerprint density at radius 3 is 2.68 bits per heavy atom. The predicted molar refractivity (Wildman–Crippen MR) is 99.2 cm³/mol. The average molecular weight is 347 g/mol. The number of carboxylic acid groups (broad SMARTS) is 1. The molecule has 0 atom stereocenters. The Bertz CT molecular complexity index is 1100. The number of aromatic nitrogens is 3. The smallest absolute Gasteiger partial charge is 0.355 e. The van der Waals surface area contributed by atoms with Crippen LogP contribution >= 0.6 is 11.3 Å². The second-order valence-electron chi connectivity index (χ2n) is 5.43. The summed E-state index contributed by atoms with van der Waals surface area (Å²) in [5, 5.41) is 16.9. The van der Waals surface area contributed by atoms with Gasteiger partial charge in [0, 0.05) is 16.3 Å². The first-order valence-corrected chi connectivity index (χ1v) is 8.45. The van der Waals surface area contributed by atoms with Crippen LogP contribution in [0.2, 0.25) is 0 Å². The van der Waals surface area contributed by atoms with Crippen molar-refractivity contribution in [2.45, 2.75) is 0 Å². The standard InChI is InChI=1S/C19H13N3O2S/c1-2-12-8-9-14-16(10-12)22(19-20-15(11-25-19)18(23)24)21-17(14)13-6-4-3-5-7-13/h2-11H,1H2,(H,23,24). The number of thiazole rings is 1. The van der Waals surface area contributed by atoms with Gasteiger partial charge in [0.2, 0.25) is 5.13 Å². The Morgan fingerprint density at radius 2 is 2.00 bits per heavy atom. The minimum absolute atomic E-state index is 0.0183. The first-order chi connectivity index (χ1) is 12.2. The van der Waals surface area contributed by atoms with Crippen molar-refractivity contribution in [1.29, 1.82) is 0 Å². The van der Waals surface area contributed by atoms with Gasteiger partial charge in [-0.25, -0.2) is 14.5 Å². The van der Waals surface area contributed by atoms with E-state index in [1.165, 1.54) is 16.7 Å². The Labute approximate surface area is 147 Å². The molecule has 0 spiro atoms. The maximum absolute atomic E-state index is 11.1. The van der Waals surface area contributed by atoms with Gasteiger partial charge in [-0.2, -0.15) is 5.10 Å². The van der Waals surface area contributed by atoms with Gasteiger partial charge in [-0.15, -0.1) is 11.3 Å². The second-order valence-corrected chi connectivity index (χ2v) is 6.26. The first kappa shape index (κ1) is 15.3. The quantitative estimate of drug-likeness (QED) is 0.590. The number of hydrogen-bond donors (Lipinski definition) is 1. The van der Waals surface area contributed by atoms with Crippen LogP contribution in [0.5, 0.6) is 0 Å². The molecule has 5 nitrogen and oxygen atoms in total. The number of fused-ring (bicyclic) bond motifs is 1. The summed E-state index contributed by atoms with van der Waals surface area (Å²) in [6.07, 6.45) is 1.77. The molecule has 122 valence electrons. The molecular weight excluding hydrogens is 334 g/mol. The minimum Gasteiger partial charge on any atom is -0.476 e. The molecule has 2 heterocycles. The first-order valence-electron chi connectivity index (χ1n) is 7.57. The molecular formula is C19H13N3O2S. The number of carbonyl (C=O) groups is 1. The summed E-state index contributed by atoms with van der Waals surface area (Å²) < 4.78 is 1.70. The molecule has 6 heteroatoms. The van der Waals surface area contributed by atoms with Gasteiger partial charge < -0.3 is 5.11 Å². The molecule has 25 heavy (non-hydrogen) atoms. The summed E-state index contributed by atoms with van der Waals surface area (Å²) >= 11 is 1.25. The third kappa shape index (κ3) is 2.62. The molecule has 2 aromatic heterocycles. The van der Waals surface area contributed by atoms with Gasteiger partial charge in [0.15, 0.2) is 5.69 Å². The van der Waals surface area contributed by atoms with Crippen LogP contribution in [0.4, 0.5) is 0 Å². The molecule has 0 saturated heterocycles. The van der Waals surface area contributed by atoms with E-state index in [2.05, 4.69) is 11.6 Å². The molecule has 0 aliphatic carbocycles. The number of nitrogens with zero attached hydrogens (tertiary/aromatic N) is 3. The van der Waals surface area contributed by atoms with Gasteiger partial charge in [0.1, 0.15) is 5.69 Å². The van der Waals surface area contributed by atoms with Crippen molar-refractivity contribution in [1.82, 2.24) is 14.8 Å². The highest BCUT2D eigenvalue weighted by molar-refractivity contribution is 7.12. The van der Waals surface area contributed by atoms with Crippen molar-refractivity contribution in [3.8, 4) is 16.4 Å². The minimum atomic E-state index is -1.05. The van der Waals surface area contributed by atoms with Crippen molar-refractivity contribution in [2.75, 3.05) is 0 Å². The summed E-state index contributed by atoms with van der Waals surface area (Å²) in [6, 6.07) is 15.8. The van der Waals surface area contributed by atoms with E-state index in [1.807, 2.05) is 48.5 Å². The highest BCUT2D eigenvalue weighted by Crippen LogP contribution is 2.31. The lowest BCUT2D eigenvalue weighted by Crippen LogP contribution is -2.00. The highest BCUT2D eigenvalue weighted by Gasteiger charge is 2.17. The van der Waals surface area contributed by atoms with Crippen molar-refractivity contribution >= 4 is 34.3 Å². The molecule has 0 bridgehead atoms.